The lowest BCUT2D eigenvalue weighted by Crippen LogP contribution is -2.34. The number of nitrogens with one attached hydrogen (secondary N) is 2. The van der Waals surface area contributed by atoms with Crippen molar-refractivity contribution < 1.29 is 9.53 Å². The summed E-state index contributed by atoms with van der Waals surface area (Å²) in [7, 11) is 1.86. The molecule has 6 nitrogen and oxygen atoms in total. The molecule has 0 radical (unpaired) electrons. The number of benzene rings is 2. The minimum atomic E-state index is -0.189. The van der Waals surface area contributed by atoms with E-state index < -0.39 is 0 Å². The highest BCUT2D eigenvalue weighted by molar-refractivity contribution is 5.96. The molecule has 6 heteroatoms. The Morgan fingerprint density at radius 2 is 1.96 bits per heavy atom. The summed E-state index contributed by atoms with van der Waals surface area (Å²) >= 11 is 0. The Labute approximate surface area is 158 Å². The predicted octanol–water partition coefficient (Wildman–Crippen LogP) is 2.63. The Morgan fingerprint density at radius 1 is 1.19 bits per heavy atom. The number of amides is 1. The molecule has 0 unspecified atom stereocenters. The maximum atomic E-state index is 12.7. The summed E-state index contributed by atoms with van der Waals surface area (Å²) in [5.74, 6) is 0.990. The maximum Gasteiger partial charge on any atom is 0.287 e. The number of carbonyl (C=O) groups is 1. The summed E-state index contributed by atoms with van der Waals surface area (Å²) in [4.78, 5) is 17.2. The number of hydrogen-bond donors (Lipinski definition) is 2. The van der Waals surface area contributed by atoms with Gasteiger partial charge in [0.2, 0.25) is 0 Å². The largest absolute Gasteiger partial charge is 0.488 e. The van der Waals surface area contributed by atoms with E-state index in [-0.39, 0.29) is 12.0 Å². The van der Waals surface area contributed by atoms with Gasteiger partial charge in [0, 0.05) is 13.6 Å². The van der Waals surface area contributed by atoms with Crippen LogP contribution in [0.4, 0.5) is 0 Å². The third-order valence-electron chi connectivity index (χ3n) is 4.94. The summed E-state index contributed by atoms with van der Waals surface area (Å²) in [6.45, 7) is 2.42. The van der Waals surface area contributed by atoms with Crippen LogP contribution in [0.3, 0.4) is 0 Å². The van der Waals surface area contributed by atoms with Gasteiger partial charge in [-0.3, -0.25) is 4.79 Å². The maximum absolute atomic E-state index is 12.7. The van der Waals surface area contributed by atoms with E-state index in [1.54, 1.807) is 0 Å². The van der Waals surface area contributed by atoms with Crippen molar-refractivity contribution in [3.8, 4) is 5.75 Å². The van der Waals surface area contributed by atoms with Crippen LogP contribution >= 0.6 is 0 Å². The number of ether oxygens (including phenoxy) is 1. The second-order valence-corrected chi connectivity index (χ2v) is 6.85. The van der Waals surface area contributed by atoms with Crippen molar-refractivity contribution in [3.63, 3.8) is 0 Å². The Bertz CT molecular complexity index is 930. The van der Waals surface area contributed by atoms with Gasteiger partial charge in [-0.1, -0.05) is 36.4 Å². The van der Waals surface area contributed by atoms with Crippen molar-refractivity contribution in [2.75, 3.05) is 13.1 Å². The van der Waals surface area contributed by atoms with Crippen molar-refractivity contribution >= 4 is 16.9 Å². The lowest BCUT2D eigenvalue weighted by molar-refractivity contribution is 0.0938. The smallest absolute Gasteiger partial charge is 0.287 e. The minimum absolute atomic E-state index is 0.189. The fourth-order valence-electron chi connectivity index (χ4n) is 3.48. The van der Waals surface area contributed by atoms with Crippen LogP contribution in [0.2, 0.25) is 0 Å². The van der Waals surface area contributed by atoms with Crippen molar-refractivity contribution in [2.45, 2.75) is 25.5 Å². The standard InChI is InChI=1S/C21H24N4O2/c1-25-19-17(8-5-9-18(19)27-16-10-12-22-13-11-16)24-20(25)21(26)23-14-15-6-3-2-4-7-15/h2-9,16,22H,10-14H2,1H3,(H,23,26). The summed E-state index contributed by atoms with van der Waals surface area (Å²) < 4.78 is 8.06. The van der Waals surface area contributed by atoms with Crippen molar-refractivity contribution in [3.05, 3.63) is 59.9 Å². The molecule has 1 aliphatic rings. The van der Waals surface area contributed by atoms with Crippen molar-refractivity contribution in [2.24, 2.45) is 7.05 Å². The first-order valence-electron chi connectivity index (χ1n) is 9.37. The third-order valence-corrected chi connectivity index (χ3v) is 4.94. The lowest BCUT2D eigenvalue weighted by Gasteiger charge is -2.24. The van der Waals surface area contributed by atoms with Crippen molar-refractivity contribution in [1.29, 1.82) is 0 Å². The monoisotopic (exact) mass is 364 g/mol. The molecular formula is C21H24N4O2. The van der Waals surface area contributed by atoms with Crippen LogP contribution in [0.15, 0.2) is 48.5 Å². The number of imidazole rings is 1. The van der Waals surface area contributed by atoms with Gasteiger partial charge in [-0.05, 0) is 43.6 Å². The zero-order valence-corrected chi connectivity index (χ0v) is 15.4. The molecule has 2 N–H and O–H groups in total. The fraction of sp³-hybridized carbons (Fsp3) is 0.333. The Kier molecular flexibility index (Phi) is 5.07. The SMILES string of the molecule is Cn1c(C(=O)NCc2ccccc2)nc2cccc(OC3CCNCC3)c21. The Morgan fingerprint density at radius 3 is 2.74 bits per heavy atom. The molecule has 1 amide bonds. The third kappa shape index (κ3) is 3.80. The molecular weight excluding hydrogens is 340 g/mol. The highest BCUT2D eigenvalue weighted by Gasteiger charge is 2.20. The number of aryl methyl sites for hydroxylation is 1. The zero-order valence-electron chi connectivity index (χ0n) is 15.4. The van der Waals surface area contributed by atoms with E-state index in [0.717, 1.165) is 48.3 Å². The minimum Gasteiger partial charge on any atom is -0.488 e. The fourth-order valence-corrected chi connectivity index (χ4v) is 3.48. The zero-order chi connectivity index (χ0) is 18.6. The van der Waals surface area contributed by atoms with Crippen LogP contribution in [0.25, 0.3) is 11.0 Å². The molecule has 1 aromatic heterocycles. The van der Waals surface area contributed by atoms with E-state index in [1.165, 1.54) is 0 Å². The molecule has 0 saturated carbocycles. The van der Waals surface area contributed by atoms with E-state index >= 15 is 0 Å². The van der Waals surface area contributed by atoms with Gasteiger partial charge in [0.1, 0.15) is 17.4 Å². The molecule has 0 spiro atoms. The van der Waals surface area contributed by atoms with E-state index in [2.05, 4.69) is 15.6 Å². The van der Waals surface area contributed by atoms with E-state index in [4.69, 9.17) is 4.74 Å². The summed E-state index contributed by atoms with van der Waals surface area (Å²) in [5.41, 5.74) is 2.69. The van der Waals surface area contributed by atoms with E-state index in [9.17, 15) is 4.79 Å². The van der Waals surface area contributed by atoms with Gasteiger partial charge in [-0.2, -0.15) is 0 Å². The molecule has 2 heterocycles. The molecule has 2 aromatic carbocycles. The summed E-state index contributed by atoms with van der Waals surface area (Å²) in [6.07, 6.45) is 2.17. The number of fused-ring (bicyclic) bond motifs is 1. The molecule has 0 aliphatic carbocycles. The molecule has 0 atom stereocenters. The van der Waals surface area contributed by atoms with Crippen LogP contribution in [0, 0.1) is 0 Å². The lowest BCUT2D eigenvalue weighted by atomic mass is 10.1. The Hall–Kier alpha value is -2.86. The van der Waals surface area contributed by atoms with Gasteiger partial charge in [0.15, 0.2) is 5.82 Å². The van der Waals surface area contributed by atoms with Gasteiger partial charge < -0.3 is 19.9 Å². The molecule has 140 valence electrons. The first kappa shape index (κ1) is 17.5. The summed E-state index contributed by atoms with van der Waals surface area (Å²) in [5, 5.41) is 6.29. The highest BCUT2D eigenvalue weighted by Crippen LogP contribution is 2.28. The topological polar surface area (TPSA) is 68.2 Å². The second-order valence-electron chi connectivity index (χ2n) is 6.85. The average molecular weight is 364 g/mol. The summed E-state index contributed by atoms with van der Waals surface area (Å²) in [6, 6.07) is 15.6. The van der Waals surface area contributed by atoms with Gasteiger partial charge in [-0.15, -0.1) is 0 Å². The number of aromatic nitrogens is 2. The highest BCUT2D eigenvalue weighted by atomic mass is 16.5. The number of carbonyl (C=O) groups excluding carboxylic acids is 1. The average Bonchev–Trinajstić information content (AvgIpc) is 3.05. The van der Waals surface area contributed by atoms with Gasteiger partial charge in [0.25, 0.3) is 5.91 Å². The van der Waals surface area contributed by atoms with Gasteiger partial charge in [0.05, 0.1) is 5.52 Å². The second kappa shape index (κ2) is 7.80. The molecule has 3 aromatic rings. The normalized spacial score (nSPS) is 15.0. The number of rotatable bonds is 5. The number of piperidine rings is 1. The van der Waals surface area contributed by atoms with E-state index in [1.807, 2.05) is 60.1 Å². The van der Waals surface area contributed by atoms with Gasteiger partial charge >= 0.3 is 0 Å². The molecule has 0 bridgehead atoms. The molecule has 1 aliphatic heterocycles. The quantitative estimate of drug-likeness (QED) is 0.730. The molecule has 1 fully saturated rings. The van der Waals surface area contributed by atoms with Crippen LogP contribution in [-0.4, -0.2) is 34.7 Å². The molecule has 4 rings (SSSR count). The van der Waals surface area contributed by atoms with Crippen LogP contribution in [0.5, 0.6) is 5.75 Å². The number of nitrogens with zero attached hydrogens (tertiary/aromatic N) is 2. The van der Waals surface area contributed by atoms with E-state index in [0.29, 0.717) is 12.4 Å². The first-order valence-corrected chi connectivity index (χ1v) is 9.37. The first-order chi connectivity index (χ1) is 13.2. The van der Waals surface area contributed by atoms with Crippen LogP contribution < -0.4 is 15.4 Å². The van der Waals surface area contributed by atoms with Crippen molar-refractivity contribution in [1.82, 2.24) is 20.2 Å². The number of hydrogen-bond acceptors (Lipinski definition) is 4. The Balaban J connectivity index is 1.56. The molecule has 27 heavy (non-hydrogen) atoms. The predicted molar refractivity (Wildman–Crippen MR) is 105 cm³/mol. The number of para-hydroxylation sites is 1. The molecule has 1 saturated heterocycles. The van der Waals surface area contributed by atoms with Gasteiger partial charge in [-0.25, -0.2) is 4.98 Å². The van der Waals surface area contributed by atoms with Crippen LogP contribution in [0.1, 0.15) is 29.0 Å². The van der Waals surface area contributed by atoms with Crippen LogP contribution in [-0.2, 0) is 13.6 Å².